The third-order valence-corrected chi connectivity index (χ3v) is 1.01. The summed E-state index contributed by atoms with van der Waals surface area (Å²) in [4.78, 5) is 10.4. The first-order chi connectivity index (χ1) is 3.18. The molecule has 0 fully saturated rings. The number of amides is 1. The molecule has 0 aromatic rings. The van der Waals surface area contributed by atoms with E-state index in [0.717, 1.165) is 0 Å². The molecular formula is C4H8NOYb. The van der Waals surface area contributed by atoms with Crippen LogP contribution in [-0.4, -0.2) is 5.91 Å². The van der Waals surface area contributed by atoms with Crippen molar-refractivity contribution in [2.75, 3.05) is 0 Å². The van der Waals surface area contributed by atoms with Crippen LogP contribution in [0.3, 0.4) is 0 Å². The van der Waals surface area contributed by atoms with E-state index in [9.17, 15) is 4.79 Å². The van der Waals surface area contributed by atoms with Gasteiger partial charge in [0.05, 0.1) is 0 Å². The Hall–Kier alpha value is 0.989. The van der Waals surface area contributed by atoms with Crippen LogP contribution in [0.1, 0.15) is 13.8 Å². The Morgan fingerprint density at radius 1 is 1.71 bits per heavy atom. The van der Waals surface area contributed by atoms with Gasteiger partial charge in [0.2, 0.25) is 0 Å². The van der Waals surface area contributed by atoms with Gasteiger partial charge in [-0.2, -0.15) is 0 Å². The van der Waals surface area contributed by atoms with Gasteiger partial charge in [0.15, 0.2) is 0 Å². The van der Waals surface area contributed by atoms with Crippen molar-refractivity contribution in [3.63, 3.8) is 0 Å². The monoisotopic (exact) mass is 260 g/mol. The van der Waals surface area contributed by atoms with Gasteiger partial charge in [-0.05, 0) is 0 Å². The van der Waals surface area contributed by atoms with Crippen molar-refractivity contribution >= 4 is 5.91 Å². The molecule has 0 aromatic carbocycles. The van der Waals surface area contributed by atoms with Crippen molar-refractivity contribution in [2.24, 2.45) is 5.92 Å². The van der Waals surface area contributed by atoms with Crippen LogP contribution in [0.15, 0.2) is 0 Å². The number of carbonyl (C=O) groups excluding carboxylic acids is 1. The van der Waals surface area contributed by atoms with Gasteiger partial charge in [-0.15, -0.1) is 0 Å². The fourth-order valence-corrected chi connectivity index (χ4v) is 0.572. The van der Waals surface area contributed by atoms with Crippen LogP contribution in [0, 0.1) is 51.0 Å². The molecule has 0 rings (SSSR count). The second-order valence-electron chi connectivity index (χ2n) is 1.59. The fourth-order valence-electron chi connectivity index (χ4n) is 0.0772. The van der Waals surface area contributed by atoms with Crippen molar-refractivity contribution in [3.8, 4) is 0 Å². The van der Waals surface area contributed by atoms with E-state index in [1.165, 1.54) is 0 Å². The third kappa shape index (κ3) is 3.56. The van der Waals surface area contributed by atoms with Crippen LogP contribution in [0.4, 0.5) is 0 Å². The Bertz CT molecular complexity index is 72.1. The first kappa shape index (κ1) is 7.99. The van der Waals surface area contributed by atoms with Crippen LogP contribution in [0.25, 0.3) is 0 Å². The standard InChI is InChI=1S/C4H9NO.Yb/c1-3(2)4(5)6;/h3H,1-2H3,(H2,5,6);/q;+1/p-1. The average molecular weight is 259 g/mol. The van der Waals surface area contributed by atoms with Crippen LogP contribution < -0.4 is 0.592 Å². The van der Waals surface area contributed by atoms with Gasteiger partial charge < -0.3 is 0 Å². The molecule has 0 bridgehead atoms. The molecule has 0 atom stereocenters. The molecule has 0 saturated carbocycles. The minimum absolute atomic E-state index is 0.0355. The zero-order chi connectivity index (χ0) is 5.86. The fraction of sp³-hybridized carbons (Fsp3) is 0.750. The number of rotatable bonds is 1. The molecule has 1 amide bonds. The molecule has 0 spiro atoms. The first-order valence-electron chi connectivity index (χ1n) is 2.03. The van der Waals surface area contributed by atoms with Crippen LogP contribution in [0.2, 0.25) is 0 Å². The summed E-state index contributed by atoms with van der Waals surface area (Å²) < 4.78 is 2.39. The van der Waals surface area contributed by atoms with Gasteiger partial charge in [-0.25, -0.2) is 0 Å². The van der Waals surface area contributed by atoms with Crippen molar-refractivity contribution in [2.45, 2.75) is 13.8 Å². The van der Waals surface area contributed by atoms with Crippen molar-refractivity contribution in [1.29, 1.82) is 0 Å². The first-order valence-corrected chi connectivity index (χ1v) is 2.89. The van der Waals surface area contributed by atoms with E-state index in [1.807, 2.05) is 13.8 Å². The van der Waals surface area contributed by atoms with E-state index in [-0.39, 0.29) is 11.8 Å². The summed E-state index contributed by atoms with van der Waals surface area (Å²) in [7, 11) is 0. The summed E-state index contributed by atoms with van der Waals surface area (Å²) in [5.41, 5.74) is 0. The SMILES string of the molecule is CC(C)C(=O)[NH][Yb]. The maximum atomic E-state index is 10.4. The van der Waals surface area contributed by atoms with Gasteiger partial charge in [-0.1, -0.05) is 0 Å². The molecule has 0 aliphatic carbocycles. The number of hydrogen-bond donors (Lipinski definition) is 1. The normalized spacial score (nSPS) is 9.29. The summed E-state index contributed by atoms with van der Waals surface area (Å²) in [6.45, 7) is 3.68. The van der Waals surface area contributed by atoms with Crippen LogP contribution in [-0.2, 0) is 4.79 Å². The molecule has 49 valence electrons. The predicted octanol–water partition coefficient (Wildman–Crippen LogP) is 0.223. The summed E-state index contributed by atoms with van der Waals surface area (Å²) in [6.07, 6.45) is 0. The molecule has 0 radical (unpaired) electrons. The molecule has 0 aliphatic heterocycles. The van der Waals surface area contributed by atoms with Gasteiger partial charge in [-0.3, -0.25) is 0 Å². The van der Waals surface area contributed by atoms with E-state index >= 15 is 0 Å². The topological polar surface area (TPSA) is 29.1 Å². The zero-order valence-corrected chi connectivity index (χ0v) is 5.97. The molecule has 0 aromatic heterocycles. The Balaban J connectivity index is 3.35. The molecule has 0 heterocycles. The molecule has 7 heavy (non-hydrogen) atoms. The number of hydrogen-bond acceptors (Lipinski definition) is 1. The third-order valence-electron chi connectivity index (χ3n) is 0.590. The Morgan fingerprint density at radius 2 is 2.14 bits per heavy atom. The van der Waals surface area contributed by atoms with Crippen molar-refractivity contribution in [1.82, 2.24) is 0.592 Å². The summed E-state index contributed by atoms with van der Waals surface area (Å²) in [6, 6.07) is 0. The van der Waals surface area contributed by atoms with E-state index in [2.05, 4.69) is 45.7 Å². The van der Waals surface area contributed by atoms with E-state index in [1.54, 1.807) is 0 Å². The Kier molecular flexibility index (Phi) is 4.48. The molecule has 0 aliphatic rings. The minimum atomic E-state index is 0.0355. The van der Waals surface area contributed by atoms with Gasteiger partial charge in [0.1, 0.15) is 0 Å². The zero-order valence-electron chi connectivity index (χ0n) is 4.25. The molecule has 0 saturated heterocycles. The van der Waals surface area contributed by atoms with E-state index in [4.69, 9.17) is 0 Å². The van der Waals surface area contributed by atoms with E-state index < -0.39 is 0 Å². The van der Waals surface area contributed by atoms with Gasteiger partial charge in [0, 0.05) is 0 Å². The predicted molar refractivity (Wildman–Crippen MR) is 23.0 cm³/mol. The number of nitrogens with one attached hydrogen (secondary N) is 1. The second kappa shape index (κ2) is 3.93. The maximum absolute atomic E-state index is 10.4. The van der Waals surface area contributed by atoms with Gasteiger partial charge in [0.25, 0.3) is 0 Å². The molecular weight excluding hydrogens is 251 g/mol. The molecule has 0 unspecified atom stereocenters. The number of carbonyl (C=O) groups is 1. The Morgan fingerprint density at radius 3 is 2.14 bits per heavy atom. The summed E-state index contributed by atoms with van der Waals surface area (Å²) in [5.74, 6) is 0.117. The van der Waals surface area contributed by atoms with Gasteiger partial charge >= 0.3 is 76.1 Å². The van der Waals surface area contributed by atoms with Crippen LogP contribution in [0.5, 0.6) is 0 Å². The van der Waals surface area contributed by atoms with Crippen molar-refractivity contribution in [3.05, 3.63) is 0 Å². The average Bonchev–Trinajstić information content (AvgIpc) is 1.65. The summed E-state index contributed by atoms with van der Waals surface area (Å²) >= 11 is 2.51. The molecule has 2 nitrogen and oxygen atoms in total. The molecule has 1 N–H and O–H groups in total. The summed E-state index contributed by atoms with van der Waals surface area (Å²) in [5, 5.41) is 0. The Labute approximate surface area is 75.1 Å². The second-order valence-corrected chi connectivity index (χ2v) is 2.01. The quantitative estimate of drug-likeness (QED) is 0.717. The molecule has 3 heteroatoms. The van der Waals surface area contributed by atoms with E-state index in [0.29, 0.717) is 0 Å². The van der Waals surface area contributed by atoms with Crippen LogP contribution >= 0.6 is 0 Å². The van der Waals surface area contributed by atoms with Crippen molar-refractivity contribution < 1.29 is 49.9 Å².